The minimum atomic E-state index is 0.668. The number of aromatic nitrogens is 1. The maximum atomic E-state index is 4.41. The molecule has 1 unspecified atom stereocenters. The van der Waals surface area contributed by atoms with Crippen LogP contribution in [0.4, 0.5) is 5.69 Å². The quantitative estimate of drug-likeness (QED) is 0.922. The molecular formula is C17H23N3. The molecule has 3 rings (SSSR count). The Morgan fingerprint density at radius 2 is 2.15 bits per heavy atom. The molecule has 1 fully saturated rings. The molecule has 0 bridgehead atoms. The molecule has 0 radical (unpaired) electrons. The second-order valence-corrected chi connectivity index (χ2v) is 6.00. The average Bonchev–Trinajstić information content (AvgIpc) is 2.94. The smallest absolute Gasteiger partial charge is 0.0722 e. The van der Waals surface area contributed by atoms with Crippen LogP contribution in [0.5, 0.6) is 0 Å². The molecule has 106 valence electrons. The van der Waals surface area contributed by atoms with Crippen molar-refractivity contribution >= 4 is 16.6 Å². The van der Waals surface area contributed by atoms with Gasteiger partial charge in [-0.15, -0.1) is 0 Å². The Balaban J connectivity index is 1.66. The SMILES string of the molecule is CC(C)N1CCC(CNc2ccnc3ccccc23)C1. The van der Waals surface area contributed by atoms with E-state index < -0.39 is 0 Å². The first-order chi connectivity index (χ1) is 9.74. The topological polar surface area (TPSA) is 28.2 Å². The Labute approximate surface area is 121 Å². The molecule has 1 aromatic heterocycles. The summed E-state index contributed by atoms with van der Waals surface area (Å²) in [5.74, 6) is 0.754. The maximum Gasteiger partial charge on any atom is 0.0722 e. The number of rotatable bonds is 4. The van der Waals surface area contributed by atoms with Gasteiger partial charge in [0.15, 0.2) is 0 Å². The Bertz CT molecular complexity index is 574. The van der Waals surface area contributed by atoms with E-state index in [1.807, 2.05) is 12.3 Å². The third kappa shape index (κ3) is 2.78. The molecule has 20 heavy (non-hydrogen) atoms. The molecule has 2 aromatic rings. The third-order valence-corrected chi connectivity index (χ3v) is 4.28. The molecule has 1 saturated heterocycles. The first-order valence-corrected chi connectivity index (χ1v) is 7.55. The second kappa shape index (κ2) is 5.80. The van der Waals surface area contributed by atoms with E-state index in [1.165, 1.54) is 30.6 Å². The Morgan fingerprint density at radius 3 is 2.95 bits per heavy atom. The highest BCUT2D eigenvalue weighted by atomic mass is 15.2. The zero-order valence-electron chi connectivity index (χ0n) is 12.3. The Morgan fingerprint density at radius 1 is 1.30 bits per heavy atom. The fraction of sp³-hybridized carbons (Fsp3) is 0.471. The molecule has 3 nitrogen and oxygen atoms in total. The number of para-hydroxylation sites is 1. The minimum Gasteiger partial charge on any atom is -0.384 e. The number of pyridine rings is 1. The molecule has 0 spiro atoms. The number of fused-ring (bicyclic) bond motifs is 1. The number of likely N-dealkylation sites (tertiary alicyclic amines) is 1. The number of hydrogen-bond donors (Lipinski definition) is 1. The Hall–Kier alpha value is -1.61. The molecule has 1 aromatic carbocycles. The van der Waals surface area contributed by atoms with Gasteiger partial charge < -0.3 is 10.2 Å². The first kappa shape index (κ1) is 13.4. The largest absolute Gasteiger partial charge is 0.384 e. The van der Waals surface area contributed by atoms with Crippen molar-refractivity contribution in [2.75, 3.05) is 25.0 Å². The number of nitrogens with one attached hydrogen (secondary N) is 1. The lowest BCUT2D eigenvalue weighted by atomic mass is 10.1. The minimum absolute atomic E-state index is 0.668. The summed E-state index contributed by atoms with van der Waals surface area (Å²) in [5.41, 5.74) is 2.27. The highest BCUT2D eigenvalue weighted by Gasteiger charge is 2.23. The molecule has 1 atom stereocenters. The Kier molecular flexibility index (Phi) is 3.88. The number of hydrogen-bond acceptors (Lipinski definition) is 3. The van der Waals surface area contributed by atoms with E-state index in [-0.39, 0.29) is 0 Å². The summed E-state index contributed by atoms with van der Waals surface area (Å²) in [4.78, 5) is 6.98. The van der Waals surface area contributed by atoms with Crippen LogP contribution in [0.2, 0.25) is 0 Å². The number of nitrogens with zero attached hydrogens (tertiary/aromatic N) is 2. The molecule has 1 aliphatic heterocycles. The van der Waals surface area contributed by atoms with Crippen LogP contribution in [0.3, 0.4) is 0 Å². The van der Waals surface area contributed by atoms with Gasteiger partial charge in [0.25, 0.3) is 0 Å². The van der Waals surface area contributed by atoms with Gasteiger partial charge in [0, 0.05) is 36.4 Å². The van der Waals surface area contributed by atoms with E-state index in [1.54, 1.807) is 0 Å². The van der Waals surface area contributed by atoms with E-state index in [2.05, 4.69) is 53.3 Å². The normalized spacial score (nSPS) is 19.9. The monoisotopic (exact) mass is 269 g/mol. The van der Waals surface area contributed by atoms with Gasteiger partial charge in [-0.2, -0.15) is 0 Å². The van der Waals surface area contributed by atoms with Gasteiger partial charge in [-0.1, -0.05) is 18.2 Å². The molecule has 1 aliphatic rings. The summed E-state index contributed by atoms with van der Waals surface area (Å²) >= 11 is 0. The fourth-order valence-corrected chi connectivity index (χ4v) is 3.00. The van der Waals surface area contributed by atoms with Crippen LogP contribution in [0.1, 0.15) is 20.3 Å². The van der Waals surface area contributed by atoms with E-state index in [9.17, 15) is 0 Å². The summed E-state index contributed by atoms with van der Waals surface area (Å²) in [5, 5.41) is 4.84. The maximum absolute atomic E-state index is 4.41. The van der Waals surface area contributed by atoms with Gasteiger partial charge in [-0.05, 0) is 44.9 Å². The predicted octanol–water partition coefficient (Wildman–Crippen LogP) is 3.38. The van der Waals surface area contributed by atoms with Crippen LogP contribution in [0, 0.1) is 5.92 Å². The zero-order valence-corrected chi connectivity index (χ0v) is 12.3. The standard InChI is InChI=1S/C17H23N3/c1-13(2)20-10-8-14(12-20)11-19-17-7-9-18-16-6-4-3-5-15(16)17/h3-7,9,13-14H,8,10-12H2,1-2H3,(H,18,19). The van der Waals surface area contributed by atoms with Crippen molar-refractivity contribution in [3.05, 3.63) is 36.5 Å². The summed E-state index contributed by atoms with van der Waals surface area (Å²) in [6, 6.07) is 11.1. The average molecular weight is 269 g/mol. The van der Waals surface area contributed by atoms with Crippen LogP contribution in [0.25, 0.3) is 10.9 Å². The highest BCUT2D eigenvalue weighted by Crippen LogP contribution is 2.23. The van der Waals surface area contributed by atoms with E-state index >= 15 is 0 Å². The second-order valence-electron chi connectivity index (χ2n) is 6.00. The van der Waals surface area contributed by atoms with Gasteiger partial charge in [0.1, 0.15) is 0 Å². The van der Waals surface area contributed by atoms with Crippen LogP contribution in [-0.4, -0.2) is 35.6 Å². The first-order valence-electron chi connectivity index (χ1n) is 7.55. The molecule has 0 aliphatic carbocycles. The van der Waals surface area contributed by atoms with Gasteiger partial charge >= 0.3 is 0 Å². The van der Waals surface area contributed by atoms with Crippen LogP contribution >= 0.6 is 0 Å². The lowest BCUT2D eigenvalue weighted by molar-refractivity contribution is 0.266. The molecule has 1 N–H and O–H groups in total. The highest BCUT2D eigenvalue weighted by molar-refractivity contribution is 5.90. The van der Waals surface area contributed by atoms with Crippen molar-refractivity contribution in [3.8, 4) is 0 Å². The molecule has 0 amide bonds. The lowest BCUT2D eigenvalue weighted by Gasteiger charge is -2.20. The van der Waals surface area contributed by atoms with E-state index in [0.717, 1.165) is 18.0 Å². The van der Waals surface area contributed by atoms with Gasteiger partial charge in [-0.3, -0.25) is 4.98 Å². The predicted molar refractivity (Wildman–Crippen MR) is 85.0 cm³/mol. The fourth-order valence-electron chi connectivity index (χ4n) is 3.00. The van der Waals surface area contributed by atoms with E-state index in [4.69, 9.17) is 0 Å². The van der Waals surface area contributed by atoms with Crippen LogP contribution in [0.15, 0.2) is 36.5 Å². The lowest BCUT2D eigenvalue weighted by Crippen LogP contribution is -2.29. The zero-order chi connectivity index (χ0) is 13.9. The van der Waals surface area contributed by atoms with Gasteiger partial charge in [0.05, 0.1) is 5.52 Å². The van der Waals surface area contributed by atoms with Crippen molar-refractivity contribution in [2.45, 2.75) is 26.3 Å². The number of anilines is 1. The van der Waals surface area contributed by atoms with Crippen LogP contribution in [-0.2, 0) is 0 Å². The summed E-state index contributed by atoms with van der Waals surface area (Å²) in [6.07, 6.45) is 3.19. The third-order valence-electron chi connectivity index (χ3n) is 4.28. The molecule has 2 heterocycles. The van der Waals surface area contributed by atoms with Crippen molar-refractivity contribution in [1.82, 2.24) is 9.88 Å². The summed E-state index contributed by atoms with van der Waals surface area (Å²) in [6.45, 7) is 8.07. The molecule has 0 saturated carbocycles. The number of benzene rings is 1. The summed E-state index contributed by atoms with van der Waals surface area (Å²) in [7, 11) is 0. The van der Waals surface area contributed by atoms with Crippen molar-refractivity contribution in [1.29, 1.82) is 0 Å². The van der Waals surface area contributed by atoms with Crippen molar-refractivity contribution in [3.63, 3.8) is 0 Å². The molecular weight excluding hydrogens is 246 g/mol. The van der Waals surface area contributed by atoms with Crippen molar-refractivity contribution in [2.24, 2.45) is 5.92 Å². The van der Waals surface area contributed by atoms with Gasteiger partial charge in [0.2, 0.25) is 0 Å². The van der Waals surface area contributed by atoms with Gasteiger partial charge in [-0.25, -0.2) is 0 Å². The van der Waals surface area contributed by atoms with Crippen molar-refractivity contribution < 1.29 is 0 Å². The van der Waals surface area contributed by atoms with E-state index in [0.29, 0.717) is 6.04 Å². The molecule has 3 heteroatoms. The van der Waals surface area contributed by atoms with Crippen LogP contribution < -0.4 is 5.32 Å². The summed E-state index contributed by atoms with van der Waals surface area (Å²) < 4.78 is 0.